The van der Waals surface area contributed by atoms with Crippen LogP contribution in [0.1, 0.15) is 41.6 Å². The topological polar surface area (TPSA) is 79.9 Å². The number of hydrogen-bond donors (Lipinski definition) is 2. The number of nitrogens with zero attached hydrogens (tertiary/aromatic N) is 1. The zero-order chi connectivity index (χ0) is 21.1. The first-order valence-corrected chi connectivity index (χ1v) is 10.3. The minimum Gasteiger partial charge on any atom is -0.497 e. The fraction of sp³-hybridized carbons (Fsp3) is 0.391. The highest BCUT2D eigenvalue weighted by Gasteiger charge is 2.33. The lowest BCUT2D eigenvalue weighted by molar-refractivity contribution is 0.0728. The number of amides is 3. The van der Waals surface area contributed by atoms with Crippen molar-refractivity contribution in [2.75, 3.05) is 19.5 Å². The van der Waals surface area contributed by atoms with Gasteiger partial charge in [-0.3, -0.25) is 4.79 Å². The normalized spacial score (nSPS) is 15.3. The monoisotopic (exact) mass is 409 g/mol. The number of anilines is 1. The van der Waals surface area contributed by atoms with Crippen molar-refractivity contribution < 1.29 is 19.1 Å². The molecule has 3 amide bonds. The summed E-state index contributed by atoms with van der Waals surface area (Å²) in [5.41, 5.74) is 2.17. The van der Waals surface area contributed by atoms with Crippen LogP contribution in [0.25, 0.3) is 0 Å². The molecule has 0 aromatic heterocycles. The number of carbonyl (C=O) groups excluding carboxylic acids is 2. The van der Waals surface area contributed by atoms with Gasteiger partial charge in [-0.1, -0.05) is 0 Å². The summed E-state index contributed by atoms with van der Waals surface area (Å²) in [5.74, 6) is 1.43. The van der Waals surface area contributed by atoms with Crippen LogP contribution in [0.15, 0.2) is 42.5 Å². The summed E-state index contributed by atoms with van der Waals surface area (Å²) >= 11 is 0. The van der Waals surface area contributed by atoms with Gasteiger partial charge in [0.05, 0.1) is 20.8 Å². The van der Waals surface area contributed by atoms with E-state index in [0.29, 0.717) is 23.8 Å². The van der Waals surface area contributed by atoms with Gasteiger partial charge in [0.15, 0.2) is 0 Å². The Morgan fingerprint density at radius 1 is 1.00 bits per heavy atom. The maximum absolute atomic E-state index is 13.2. The summed E-state index contributed by atoms with van der Waals surface area (Å²) in [5, 5.41) is 5.69. The fourth-order valence-corrected chi connectivity index (χ4v) is 3.38. The molecular weight excluding hydrogens is 382 g/mol. The number of urea groups is 1. The summed E-state index contributed by atoms with van der Waals surface area (Å²) in [6, 6.07) is 13.0. The summed E-state index contributed by atoms with van der Waals surface area (Å²) < 4.78 is 10.8. The van der Waals surface area contributed by atoms with Crippen LogP contribution >= 0.6 is 0 Å². The molecule has 0 aliphatic heterocycles. The van der Waals surface area contributed by atoms with Gasteiger partial charge in [0, 0.05) is 28.9 Å². The van der Waals surface area contributed by atoms with E-state index in [1.54, 1.807) is 38.5 Å². The van der Waals surface area contributed by atoms with Crippen LogP contribution in [0.2, 0.25) is 0 Å². The highest BCUT2D eigenvalue weighted by Crippen LogP contribution is 2.33. The average molecular weight is 409 g/mol. The molecule has 0 spiro atoms. The number of rotatable bonds is 8. The molecule has 2 fully saturated rings. The lowest BCUT2D eigenvalue weighted by Crippen LogP contribution is -2.33. The van der Waals surface area contributed by atoms with E-state index in [4.69, 9.17) is 9.47 Å². The minimum absolute atomic E-state index is 0.0312. The van der Waals surface area contributed by atoms with Gasteiger partial charge >= 0.3 is 6.03 Å². The van der Waals surface area contributed by atoms with Gasteiger partial charge in [-0.2, -0.15) is 0 Å². The van der Waals surface area contributed by atoms with Crippen LogP contribution in [0, 0.1) is 0 Å². The van der Waals surface area contributed by atoms with E-state index < -0.39 is 0 Å². The molecule has 2 N–H and O–H groups in total. The van der Waals surface area contributed by atoms with E-state index in [9.17, 15) is 9.59 Å². The summed E-state index contributed by atoms with van der Waals surface area (Å²) in [6.45, 7) is 0.452. The largest absolute Gasteiger partial charge is 0.497 e. The molecule has 2 aromatic carbocycles. The predicted octanol–water partition coefficient (Wildman–Crippen LogP) is 3.79. The van der Waals surface area contributed by atoms with Crippen LogP contribution in [-0.4, -0.2) is 43.1 Å². The Morgan fingerprint density at radius 3 is 2.33 bits per heavy atom. The lowest BCUT2D eigenvalue weighted by Gasteiger charge is -2.24. The van der Waals surface area contributed by atoms with Gasteiger partial charge in [0.25, 0.3) is 5.91 Å². The highest BCUT2D eigenvalue weighted by atomic mass is 16.5. The van der Waals surface area contributed by atoms with E-state index in [2.05, 4.69) is 10.6 Å². The van der Waals surface area contributed by atoms with Gasteiger partial charge in [-0.15, -0.1) is 0 Å². The first-order chi connectivity index (χ1) is 14.6. The van der Waals surface area contributed by atoms with E-state index in [0.717, 1.165) is 42.7 Å². The second kappa shape index (κ2) is 8.65. The van der Waals surface area contributed by atoms with Crippen molar-refractivity contribution in [1.82, 2.24) is 10.2 Å². The molecule has 30 heavy (non-hydrogen) atoms. The number of ether oxygens (including phenoxy) is 2. The smallest absolute Gasteiger partial charge is 0.319 e. The third-order valence-electron chi connectivity index (χ3n) is 5.38. The Kier molecular flexibility index (Phi) is 5.79. The van der Waals surface area contributed by atoms with Crippen LogP contribution in [0.5, 0.6) is 11.5 Å². The molecule has 2 aromatic rings. The first-order valence-electron chi connectivity index (χ1n) is 10.3. The summed E-state index contributed by atoms with van der Waals surface area (Å²) in [4.78, 5) is 27.0. The molecule has 7 heteroatoms. The number of methoxy groups -OCH3 is 2. The van der Waals surface area contributed by atoms with Crippen LogP contribution in [0.4, 0.5) is 10.5 Å². The lowest BCUT2D eigenvalue weighted by atomic mass is 10.1. The number of hydrogen-bond acceptors (Lipinski definition) is 4. The van der Waals surface area contributed by atoms with Gasteiger partial charge in [-0.05, 0) is 68.1 Å². The van der Waals surface area contributed by atoms with Crippen molar-refractivity contribution in [3.8, 4) is 11.5 Å². The Labute approximate surface area is 176 Å². The fourth-order valence-electron chi connectivity index (χ4n) is 3.38. The van der Waals surface area contributed by atoms with Crippen molar-refractivity contribution in [3.63, 3.8) is 0 Å². The van der Waals surface area contributed by atoms with Crippen LogP contribution in [0.3, 0.4) is 0 Å². The average Bonchev–Trinajstić information content (AvgIpc) is 3.67. The molecular formula is C23H27N3O4. The van der Waals surface area contributed by atoms with Crippen molar-refractivity contribution in [3.05, 3.63) is 53.6 Å². The van der Waals surface area contributed by atoms with Crippen molar-refractivity contribution in [1.29, 1.82) is 0 Å². The molecule has 2 aliphatic carbocycles. The van der Waals surface area contributed by atoms with Crippen molar-refractivity contribution in [2.45, 2.75) is 44.3 Å². The van der Waals surface area contributed by atoms with Crippen LogP contribution in [-0.2, 0) is 6.54 Å². The Hall–Kier alpha value is -3.22. The SMILES string of the molecule is COc1ccc(OC)c(CN(C(=O)c2ccc(NC(=O)NC3CC3)cc2)C2CC2)c1. The quantitative estimate of drug-likeness (QED) is 0.695. The Bertz CT molecular complexity index is 921. The zero-order valence-electron chi connectivity index (χ0n) is 17.3. The summed E-state index contributed by atoms with van der Waals surface area (Å²) in [6.07, 6.45) is 4.07. The van der Waals surface area contributed by atoms with Gasteiger partial charge in [-0.25, -0.2) is 4.79 Å². The van der Waals surface area contributed by atoms with E-state index in [1.807, 2.05) is 23.1 Å². The van der Waals surface area contributed by atoms with Gasteiger partial charge in [0.2, 0.25) is 0 Å². The molecule has 4 rings (SSSR count). The second-order valence-corrected chi connectivity index (χ2v) is 7.79. The third-order valence-corrected chi connectivity index (χ3v) is 5.38. The highest BCUT2D eigenvalue weighted by molar-refractivity contribution is 5.96. The molecule has 0 radical (unpaired) electrons. The molecule has 2 saturated carbocycles. The summed E-state index contributed by atoms with van der Waals surface area (Å²) in [7, 11) is 3.25. The number of benzene rings is 2. The Balaban J connectivity index is 1.46. The number of nitrogens with one attached hydrogen (secondary N) is 2. The minimum atomic E-state index is -0.207. The van der Waals surface area contributed by atoms with E-state index in [1.165, 1.54) is 0 Å². The maximum atomic E-state index is 13.2. The molecule has 0 heterocycles. The van der Waals surface area contributed by atoms with Crippen LogP contribution < -0.4 is 20.1 Å². The maximum Gasteiger partial charge on any atom is 0.319 e. The van der Waals surface area contributed by atoms with Crippen molar-refractivity contribution in [2.24, 2.45) is 0 Å². The first kappa shape index (κ1) is 20.1. The standard InChI is InChI=1S/C23H27N3O4/c1-29-20-11-12-21(30-2)16(13-20)14-26(19-9-10-19)22(27)15-3-5-17(6-4-15)24-23(28)25-18-7-8-18/h3-6,11-13,18-19H,7-10,14H2,1-2H3,(H2,24,25,28). The zero-order valence-corrected chi connectivity index (χ0v) is 17.3. The van der Waals surface area contributed by atoms with Gasteiger partial charge < -0.3 is 25.0 Å². The van der Waals surface area contributed by atoms with Crippen molar-refractivity contribution >= 4 is 17.6 Å². The molecule has 158 valence electrons. The Morgan fingerprint density at radius 2 is 1.73 bits per heavy atom. The third kappa shape index (κ3) is 4.84. The number of carbonyl (C=O) groups is 2. The van der Waals surface area contributed by atoms with E-state index in [-0.39, 0.29) is 18.0 Å². The van der Waals surface area contributed by atoms with Gasteiger partial charge in [0.1, 0.15) is 11.5 Å². The second-order valence-electron chi connectivity index (χ2n) is 7.79. The molecule has 0 bridgehead atoms. The predicted molar refractivity (Wildman–Crippen MR) is 114 cm³/mol. The molecule has 7 nitrogen and oxygen atoms in total. The molecule has 0 unspecified atom stereocenters. The molecule has 0 atom stereocenters. The molecule has 0 saturated heterocycles. The van der Waals surface area contributed by atoms with E-state index >= 15 is 0 Å². The molecule has 2 aliphatic rings.